The summed E-state index contributed by atoms with van der Waals surface area (Å²) in [4.78, 5) is 33.2. The fourth-order valence-corrected chi connectivity index (χ4v) is 6.97. The lowest BCUT2D eigenvalue weighted by molar-refractivity contribution is 0.0526. The predicted octanol–water partition coefficient (Wildman–Crippen LogP) is 8.84. The number of ether oxygens (including phenoxy) is 1. The van der Waals surface area contributed by atoms with E-state index in [1.807, 2.05) is 37.3 Å². The minimum absolute atomic E-state index is 0.0454. The van der Waals surface area contributed by atoms with Gasteiger partial charge in [-0.05, 0) is 66.2 Å². The third-order valence-corrected chi connectivity index (χ3v) is 9.37. The number of esters is 1. The van der Waals surface area contributed by atoms with Gasteiger partial charge in [0, 0.05) is 15.8 Å². The van der Waals surface area contributed by atoms with Crippen molar-refractivity contribution in [3.05, 3.63) is 81.7 Å². The van der Waals surface area contributed by atoms with Crippen LogP contribution < -0.4 is 5.32 Å². The molecule has 0 aliphatic heterocycles. The maximum Gasteiger partial charge on any atom is 0.341 e. The average Bonchev–Trinajstić information content (AvgIpc) is 3.28. The van der Waals surface area contributed by atoms with E-state index >= 15 is 0 Å². The van der Waals surface area contributed by atoms with Crippen LogP contribution in [0.3, 0.4) is 0 Å². The number of hydrogen-bond donors (Lipinski definition) is 1. The Morgan fingerprint density at radius 3 is 2.39 bits per heavy atom. The zero-order chi connectivity index (χ0) is 29.5. The number of hydrogen-bond acceptors (Lipinski definition) is 5. The van der Waals surface area contributed by atoms with Crippen molar-refractivity contribution in [2.24, 2.45) is 11.3 Å². The number of fused-ring (bicyclic) bond motifs is 2. The van der Waals surface area contributed by atoms with Crippen LogP contribution in [-0.2, 0) is 23.0 Å². The van der Waals surface area contributed by atoms with Gasteiger partial charge >= 0.3 is 5.97 Å². The Bertz CT molecular complexity index is 1600. The first-order valence-corrected chi connectivity index (χ1v) is 15.3. The molecule has 0 bridgehead atoms. The molecular formula is C35H40N2O3S. The Labute approximate surface area is 247 Å². The van der Waals surface area contributed by atoms with E-state index in [9.17, 15) is 9.59 Å². The summed E-state index contributed by atoms with van der Waals surface area (Å²) >= 11 is 1.52. The van der Waals surface area contributed by atoms with E-state index in [1.165, 1.54) is 21.8 Å². The van der Waals surface area contributed by atoms with E-state index < -0.39 is 0 Å². The van der Waals surface area contributed by atoms with Crippen molar-refractivity contribution in [2.75, 3.05) is 11.9 Å². The molecule has 5 nitrogen and oxygen atoms in total. The molecule has 1 N–H and O–H groups in total. The number of amides is 1. The van der Waals surface area contributed by atoms with Crippen molar-refractivity contribution in [2.45, 2.75) is 73.1 Å². The Morgan fingerprint density at radius 1 is 1.02 bits per heavy atom. The summed E-state index contributed by atoms with van der Waals surface area (Å²) in [5, 5.41) is 4.47. The molecule has 1 aliphatic rings. The Balaban J connectivity index is 1.54. The van der Waals surface area contributed by atoms with E-state index in [0.717, 1.165) is 47.0 Å². The van der Waals surface area contributed by atoms with Crippen molar-refractivity contribution in [1.29, 1.82) is 0 Å². The molecule has 0 fully saturated rings. The summed E-state index contributed by atoms with van der Waals surface area (Å²) in [6, 6.07) is 17.9. The van der Waals surface area contributed by atoms with E-state index in [4.69, 9.17) is 9.72 Å². The monoisotopic (exact) mass is 568 g/mol. The highest BCUT2D eigenvalue weighted by atomic mass is 32.1. The Hall–Kier alpha value is -3.51. The number of carbonyl (C=O) groups excluding carboxylic acids is 2. The number of aromatic nitrogens is 1. The van der Waals surface area contributed by atoms with Gasteiger partial charge in [0.05, 0.1) is 28.9 Å². The Morgan fingerprint density at radius 2 is 1.73 bits per heavy atom. The first-order chi connectivity index (χ1) is 19.4. The van der Waals surface area contributed by atoms with Gasteiger partial charge in [-0.3, -0.25) is 4.79 Å². The van der Waals surface area contributed by atoms with Gasteiger partial charge in [0.15, 0.2) is 0 Å². The fraction of sp³-hybridized carbons (Fsp3) is 0.400. The number of nitrogens with one attached hydrogen (secondary N) is 1. The van der Waals surface area contributed by atoms with Gasteiger partial charge in [0.2, 0.25) is 0 Å². The van der Waals surface area contributed by atoms with Crippen LogP contribution in [-0.4, -0.2) is 23.5 Å². The minimum atomic E-state index is -0.367. The van der Waals surface area contributed by atoms with Gasteiger partial charge in [0.25, 0.3) is 5.91 Å². The van der Waals surface area contributed by atoms with Gasteiger partial charge in [0.1, 0.15) is 5.00 Å². The third kappa shape index (κ3) is 5.94. The van der Waals surface area contributed by atoms with Gasteiger partial charge in [-0.1, -0.05) is 84.0 Å². The number of anilines is 1. The molecule has 5 rings (SSSR count). The van der Waals surface area contributed by atoms with Gasteiger partial charge in [-0.15, -0.1) is 11.3 Å². The van der Waals surface area contributed by atoms with Crippen LogP contribution in [0.4, 0.5) is 5.00 Å². The smallest absolute Gasteiger partial charge is 0.341 e. The predicted molar refractivity (Wildman–Crippen MR) is 169 cm³/mol. The molecule has 0 saturated carbocycles. The van der Waals surface area contributed by atoms with Crippen molar-refractivity contribution in [1.82, 2.24) is 4.98 Å². The third-order valence-electron chi connectivity index (χ3n) is 8.20. The molecule has 2 heterocycles. The van der Waals surface area contributed by atoms with Crippen LogP contribution in [0.1, 0.15) is 91.6 Å². The lowest BCUT2D eigenvalue weighted by Gasteiger charge is -2.33. The lowest BCUT2D eigenvalue weighted by Crippen LogP contribution is -2.26. The molecule has 2 aromatic heterocycles. The molecular weight excluding hydrogens is 528 g/mol. The summed E-state index contributed by atoms with van der Waals surface area (Å²) < 4.78 is 5.46. The second-order valence-corrected chi connectivity index (χ2v) is 14.2. The van der Waals surface area contributed by atoms with Crippen LogP contribution in [0, 0.1) is 11.3 Å². The van der Waals surface area contributed by atoms with Crippen molar-refractivity contribution in [3.63, 3.8) is 0 Å². The molecule has 1 aliphatic carbocycles. The summed E-state index contributed by atoms with van der Waals surface area (Å²) in [6.45, 7) is 15.5. The number of para-hydroxylation sites is 1. The SMILES string of the molecule is CCOC(=O)c1c(NC(=O)c2cc(-c3ccc(C(C)(C)C)cc3)nc3ccccc23)sc2c1CC[C@H](C(C)(C)C)C2. The maximum absolute atomic E-state index is 14.0. The number of nitrogens with zero attached hydrogens (tertiary/aromatic N) is 1. The number of benzene rings is 2. The number of carbonyl (C=O) groups is 2. The van der Waals surface area contributed by atoms with E-state index in [1.54, 1.807) is 0 Å². The zero-order valence-electron chi connectivity index (χ0n) is 25.2. The molecule has 41 heavy (non-hydrogen) atoms. The molecule has 4 aromatic rings. The quantitative estimate of drug-likeness (QED) is 0.244. The highest BCUT2D eigenvalue weighted by molar-refractivity contribution is 7.17. The molecule has 0 saturated heterocycles. The highest BCUT2D eigenvalue weighted by Crippen LogP contribution is 2.44. The number of rotatable bonds is 5. The lowest BCUT2D eigenvalue weighted by atomic mass is 9.72. The largest absolute Gasteiger partial charge is 0.462 e. The topological polar surface area (TPSA) is 68.3 Å². The van der Waals surface area contributed by atoms with Crippen LogP contribution in [0.15, 0.2) is 54.6 Å². The maximum atomic E-state index is 14.0. The summed E-state index contributed by atoms with van der Waals surface area (Å²) in [7, 11) is 0. The molecule has 2 aromatic carbocycles. The molecule has 1 atom stereocenters. The number of thiophene rings is 1. The van der Waals surface area contributed by atoms with Gasteiger partial charge < -0.3 is 10.1 Å². The standard InChI is InChI=1S/C35H40N2O3S/c1-8-40-33(39)30-25-18-17-23(35(5,6)7)19-29(25)41-32(30)37-31(38)26-20-28(36-27-12-10-9-11-24(26)27)21-13-15-22(16-14-21)34(2,3)4/h9-16,20,23H,8,17-19H2,1-7H3,(H,37,38)/t23-/m0/s1. The molecule has 214 valence electrons. The van der Waals surface area contributed by atoms with Crippen LogP contribution in [0.2, 0.25) is 0 Å². The second-order valence-electron chi connectivity index (χ2n) is 13.1. The first kappa shape index (κ1) is 29.0. The first-order valence-electron chi connectivity index (χ1n) is 14.5. The second kappa shape index (κ2) is 11.1. The summed E-state index contributed by atoms with van der Waals surface area (Å²) in [5.41, 5.74) is 5.96. The zero-order valence-corrected chi connectivity index (χ0v) is 26.0. The number of pyridine rings is 1. The van der Waals surface area contributed by atoms with Crippen molar-refractivity contribution < 1.29 is 14.3 Å². The van der Waals surface area contributed by atoms with Crippen molar-refractivity contribution >= 4 is 39.1 Å². The normalized spacial score (nSPS) is 15.4. The molecule has 0 unspecified atom stereocenters. The van der Waals surface area contributed by atoms with Crippen molar-refractivity contribution in [3.8, 4) is 11.3 Å². The Kier molecular flexibility index (Phi) is 7.82. The van der Waals surface area contributed by atoms with E-state index in [2.05, 4.69) is 71.1 Å². The molecule has 0 radical (unpaired) electrons. The van der Waals surface area contributed by atoms with E-state index in [0.29, 0.717) is 22.0 Å². The van der Waals surface area contributed by atoms with Gasteiger partial charge in [-0.25, -0.2) is 9.78 Å². The molecule has 0 spiro atoms. The average molecular weight is 569 g/mol. The fourth-order valence-electron chi connectivity index (χ4n) is 5.65. The van der Waals surface area contributed by atoms with Crippen LogP contribution >= 0.6 is 11.3 Å². The van der Waals surface area contributed by atoms with Crippen LogP contribution in [0.5, 0.6) is 0 Å². The molecule has 6 heteroatoms. The summed E-state index contributed by atoms with van der Waals surface area (Å²) in [6.07, 6.45) is 2.72. The minimum Gasteiger partial charge on any atom is -0.462 e. The van der Waals surface area contributed by atoms with Crippen LogP contribution in [0.25, 0.3) is 22.2 Å². The van der Waals surface area contributed by atoms with Gasteiger partial charge in [-0.2, -0.15) is 0 Å². The van der Waals surface area contributed by atoms with E-state index in [-0.39, 0.29) is 29.3 Å². The summed E-state index contributed by atoms with van der Waals surface area (Å²) in [5.74, 6) is -0.106. The molecule has 1 amide bonds. The highest BCUT2D eigenvalue weighted by Gasteiger charge is 2.34.